The van der Waals surface area contributed by atoms with Crippen LogP contribution in [0.2, 0.25) is 0 Å². The average molecular weight is 347 g/mol. The summed E-state index contributed by atoms with van der Waals surface area (Å²) in [6.07, 6.45) is 0.349. The molecule has 1 unspecified atom stereocenters. The Morgan fingerprint density at radius 3 is 2.64 bits per heavy atom. The van der Waals surface area contributed by atoms with Crippen LogP contribution in [-0.4, -0.2) is 80.2 Å². The number of para-hydroxylation sites is 1. The van der Waals surface area contributed by atoms with Crippen LogP contribution in [0.5, 0.6) is 5.75 Å². The van der Waals surface area contributed by atoms with Crippen molar-refractivity contribution in [2.45, 2.75) is 18.1 Å². The predicted octanol–water partition coefficient (Wildman–Crippen LogP) is 0.113. The van der Waals surface area contributed by atoms with Crippen molar-refractivity contribution in [2.24, 2.45) is 0 Å². The van der Waals surface area contributed by atoms with E-state index in [0.29, 0.717) is 39.3 Å². The fraction of sp³-hybridized carbons (Fsp3) is 0.556. The molecule has 136 valence electrons. The van der Waals surface area contributed by atoms with Gasteiger partial charge in [-0.2, -0.15) is 0 Å². The second kappa shape index (κ2) is 7.41. The highest BCUT2D eigenvalue weighted by Crippen LogP contribution is 2.31. The first-order chi connectivity index (χ1) is 12.0. The molecule has 0 saturated carbocycles. The minimum absolute atomic E-state index is 0.0392. The maximum absolute atomic E-state index is 12.3. The lowest BCUT2D eigenvalue weighted by molar-refractivity contribution is -0.201. The molecule has 1 N–H and O–H groups in total. The Bertz CT molecular complexity index is 616. The molecule has 2 aliphatic rings. The molecule has 0 radical (unpaired) electrons. The molecule has 2 amide bonds. The largest absolute Gasteiger partial charge is 0.493 e. The summed E-state index contributed by atoms with van der Waals surface area (Å²) in [7, 11) is 3.55. The Morgan fingerprint density at radius 1 is 1.28 bits per heavy atom. The summed E-state index contributed by atoms with van der Waals surface area (Å²) in [5.41, 5.74) is -0.338. The normalized spacial score (nSPS) is 22.3. The molecular weight excluding hydrogens is 322 g/mol. The quantitative estimate of drug-likeness (QED) is 0.819. The first kappa shape index (κ1) is 17.7. The van der Waals surface area contributed by atoms with Crippen molar-refractivity contribution in [1.82, 2.24) is 15.1 Å². The van der Waals surface area contributed by atoms with Crippen molar-refractivity contribution in [1.29, 1.82) is 0 Å². The van der Waals surface area contributed by atoms with Gasteiger partial charge in [0.15, 0.2) is 0 Å². The number of amides is 2. The van der Waals surface area contributed by atoms with E-state index in [2.05, 4.69) is 5.32 Å². The molecule has 2 fully saturated rings. The van der Waals surface area contributed by atoms with Crippen LogP contribution in [0.25, 0.3) is 0 Å². The number of carbonyl (C=O) groups excluding carboxylic acids is 2. The molecule has 7 heteroatoms. The summed E-state index contributed by atoms with van der Waals surface area (Å²) >= 11 is 0. The second-order valence-electron chi connectivity index (χ2n) is 6.70. The van der Waals surface area contributed by atoms with Crippen molar-refractivity contribution in [3.8, 4) is 5.75 Å². The zero-order chi connectivity index (χ0) is 17.9. The SMILES string of the molecule is CNC(=O)C1COC2(CN(C(=O)CCOc3ccccc3)C2)CN1C. The number of carbonyl (C=O) groups is 2. The minimum Gasteiger partial charge on any atom is -0.493 e. The van der Waals surface area contributed by atoms with Crippen LogP contribution < -0.4 is 10.1 Å². The van der Waals surface area contributed by atoms with Gasteiger partial charge in [0, 0.05) is 13.6 Å². The molecule has 7 nitrogen and oxygen atoms in total. The number of rotatable bonds is 5. The van der Waals surface area contributed by atoms with E-state index in [1.165, 1.54) is 0 Å². The number of hydrogen-bond acceptors (Lipinski definition) is 5. The molecule has 2 saturated heterocycles. The number of benzene rings is 1. The van der Waals surface area contributed by atoms with Gasteiger partial charge in [-0.25, -0.2) is 0 Å². The van der Waals surface area contributed by atoms with Gasteiger partial charge >= 0.3 is 0 Å². The summed E-state index contributed by atoms with van der Waals surface area (Å²) in [6, 6.07) is 9.21. The number of ether oxygens (including phenoxy) is 2. The van der Waals surface area contributed by atoms with Gasteiger partial charge in [-0.1, -0.05) is 18.2 Å². The molecule has 1 spiro atoms. The zero-order valence-corrected chi connectivity index (χ0v) is 14.7. The molecule has 25 heavy (non-hydrogen) atoms. The van der Waals surface area contributed by atoms with Gasteiger partial charge < -0.3 is 19.7 Å². The minimum atomic E-state index is -0.338. The van der Waals surface area contributed by atoms with E-state index in [1.54, 1.807) is 11.9 Å². The highest BCUT2D eigenvalue weighted by atomic mass is 16.5. The third-order valence-electron chi connectivity index (χ3n) is 4.80. The molecule has 1 aromatic rings. The van der Waals surface area contributed by atoms with Crippen molar-refractivity contribution in [3.05, 3.63) is 30.3 Å². The third-order valence-corrected chi connectivity index (χ3v) is 4.80. The molecule has 2 heterocycles. The number of likely N-dealkylation sites (N-methyl/N-ethyl adjacent to an activating group) is 2. The van der Waals surface area contributed by atoms with E-state index in [0.717, 1.165) is 5.75 Å². The van der Waals surface area contributed by atoms with Crippen LogP contribution in [0.3, 0.4) is 0 Å². The topological polar surface area (TPSA) is 71.1 Å². The van der Waals surface area contributed by atoms with E-state index in [9.17, 15) is 9.59 Å². The summed E-state index contributed by atoms with van der Waals surface area (Å²) in [4.78, 5) is 27.8. The Balaban J connectivity index is 1.41. The molecule has 0 aliphatic carbocycles. The summed E-state index contributed by atoms with van der Waals surface area (Å²) in [5.74, 6) is 0.803. The maximum atomic E-state index is 12.3. The van der Waals surface area contributed by atoms with Gasteiger partial charge in [-0.05, 0) is 19.2 Å². The fourth-order valence-electron chi connectivity index (χ4n) is 3.38. The first-order valence-corrected chi connectivity index (χ1v) is 8.54. The Hall–Kier alpha value is -2.12. The summed E-state index contributed by atoms with van der Waals surface area (Å²) in [5, 5.41) is 2.65. The maximum Gasteiger partial charge on any atom is 0.239 e. The van der Waals surface area contributed by atoms with Gasteiger partial charge in [0.2, 0.25) is 11.8 Å². The summed E-state index contributed by atoms with van der Waals surface area (Å²) in [6.45, 7) is 2.51. The van der Waals surface area contributed by atoms with Crippen LogP contribution >= 0.6 is 0 Å². The number of hydrogen-bond donors (Lipinski definition) is 1. The lowest BCUT2D eigenvalue weighted by Gasteiger charge is -2.54. The van der Waals surface area contributed by atoms with Crippen LogP contribution in [0.4, 0.5) is 0 Å². The standard InChI is InChI=1S/C18H25N3O4/c1-19-17(23)15-10-25-18(11-20(15)2)12-21(13-18)16(22)8-9-24-14-6-4-3-5-7-14/h3-7,15H,8-13H2,1-2H3,(H,19,23). The van der Waals surface area contributed by atoms with Crippen LogP contribution in [0.1, 0.15) is 6.42 Å². The highest BCUT2D eigenvalue weighted by molar-refractivity contribution is 5.81. The molecule has 2 aliphatic heterocycles. The van der Waals surface area contributed by atoms with E-state index in [4.69, 9.17) is 9.47 Å². The third kappa shape index (κ3) is 3.93. The molecule has 1 aromatic carbocycles. The van der Waals surface area contributed by atoms with E-state index >= 15 is 0 Å². The second-order valence-corrected chi connectivity index (χ2v) is 6.70. The Kier molecular flexibility index (Phi) is 5.24. The molecular formula is C18H25N3O4. The van der Waals surface area contributed by atoms with Gasteiger partial charge in [-0.15, -0.1) is 0 Å². The number of nitrogens with zero attached hydrogens (tertiary/aromatic N) is 2. The monoisotopic (exact) mass is 347 g/mol. The van der Waals surface area contributed by atoms with Crippen LogP contribution in [0.15, 0.2) is 30.3 Å². The predicted molar refractivity (Wildman–Crippen MR) is 92.3 cm³/mol. The highest BCUT2D eigenvalue weighted by Gasteiger charge is 2.50. The van der Waals surface area contributed by atoms with E-state index in [1.807, 2.05) is 42.3 Å². The van der Waals surface area contributed by atoms with Crippen molar-refractivity contribution >= 4 is 11.8 Å². The van der Waals surface area contributed by atoms with E-state index < -0.39 is 0 Å². The number of morpholine rings is 1. The van der Waals surface area contributed by atoms with Gasteiger partial charge in [0.25, 0.3) is 0 Å². The van der Waals surface area contributed by atoms with Crippen molar-refractivity contribution in [2.75, 3.05) is 46.9 Å². The van der Waals surface area contributed by atoms with Crippen LogP contribution in [-0.2, 0) is 14.3 Å². The van der Waals surface area contributed by atoms with Gasteiger partial charge in [0.1, 0.15) is 17.4 Å². The zero-order valence-electron chi connectivity index (χ0n) is 14.7. The number of nitrogens with one attached hydrogen (secondary N) is 1. The van der Waals surface area contributed by atoms with Gasteiger partial charge in [-0.3, -0.25) is 14.5 Å². The Labute approximate surface area is 147 Å². The van der Waals surface area contributed by atoms with Crippen molar-refractivity contribution < 1.29 is 19.1 Å². The first-order valence-electron chi connectivity index (χ1n) is 8.54. The molecule has 3 rings (SSSR count). The van der Waals surface area contributed by atoms with Crippen molar-refractivity contribution in [3.63, 3.8) is 0 Å². The molecule has 0 bridgehead atoms. The molecule has 1 atom stereocenters. The van der Waals surface area contributed by atoms with Gasteiger partial charge in [0.05, 0.1) is 32.7 Å². The smallest absolute Gasteiger partial charge is 0.239 e. The average Bonchev–Trinajstić information content (AvgIpc) is 2.59. The number of likely N-dealkylation sites (tertiary alicyclic amines) is 1. The molecule has 0 aromatic heterocycles. The summed E-state index contributed by atoms with van der Waals surface area (Å²) < 4.78 is 11.5. The lowest BCUT2D eigenvalue weighted by Crippen LogP contribution is -2.73. The lowest BCUT2D eigenvalue weighted by atomic mass is 9.90. The van der Waals surface area contributed by atoms with E-state index in [-0.39, 0.29) is 23.5 Å². The Morgan fingerprint density at radius 2 is 2.00 bits per heavy atom. The van der Waals surface area contributed by atoms with Crippen LogP contribution in [0, 0.1) is 0 Å². The fourth-order valence-corrected chi connectivity index (χ4v) is 3.38.